The molecule has 1 saturated heterocycles. The first kappa shape index (κ1) is 10.8. The molecule has 0 spiro atoms. The predicted molar refractivity (Wildman–Crippen MR) is 67.7 cm³/mol. The van der Waals surface area contributed by atoms with Gasteiger partial charge in [-0.25, -0.2) is 4.52 Å². The van der Waals surface area contributed by atoms with Gasteiger partial charge in [0.15, 0.2) is 5.65 Å². The highest BCUT2D eigenvalue weighted by Gasteiger charge is 2.23. The molecule has 6 heteroatoms. The van der Waals surface area contributed by atoms with Crippen molar-refractivity contribution in [3.63, 3.8) is 0 Å². The quantitative estimate of drug-likeness (QED) is 0.871. The Morgan fingerprint density at radius 1 is 1.47 bits per heavy atom. The monoisotopic (exact) mass is 251 g/mol. The van der Waals surface area contributed by atoms with Gasteiger partial charge >= 0.3 is 0 Å². The van der Waals surface area contributed by atoms with E-state index >= 15 is 0 Å². The number of fused-ring (bicyclic) bond motifs is 1. The van der Waals surface area contributed by atoms with E-state index in [1.54, 1.807) is 10.7 Å². The SMILES string of the molecule is CNC1CCN(c2nc3ccc(Cl)cn3n2)C1. The van der Waals surface area contributed by atoms with Gasteiger partial charge in [-0.3, -0.25) is 0 Å². The molecule has 1 aliphatic heterocycles. The van der Waals surface area contributed by atoms with E-state index in [1.807, 2.05) is 19.2 Å². The van der Waals surface area contributed by atoms with Crippen molar-refractivity contribution < 1.29 is 0 Å². The van der Waals surface area contributed by atoms with E-state index in [1.165, 1.54) is 0 Å². The lowest BCUT2D eigenvalue weighted by Crippen LogP contribution is -2.29. The Kier molecular flexibility index (Phi) is 2.64. The van der Waals surface area contributed by atoms with E-state index in [0.29, 0.717) is 11.1 Å². The van der Waals surface area contributed by atoms with Crippen molar-refractivity contribution in [3.05, 3.63) is 23.4 Å². The fourth-order valence-corrected chi connectivity index (χ4v) is 2.31. The highest BCUT2D eigenvalue weighted by Crippen LogP contribution is 2.18. The van der Waals surface area contributed by atoms with E-state index in [9.17, 15) is 0 Å². The third kappa shape index (κ3) is 1.96. The Bertz CT molecular complexity index is 538. The molecule has 5 nitrogen and oxygen atoms in total. The smallest absolute Gasteiger partial charge is 0.245 e. The first-order valence-corrected chi connectivity index (χ1v) is 6.08. The van der Waals surface area contributed by atoms with E-state index < -0.39 is 0 Å². The van der Waals surface area contributed by atoms with Crippen molar-refractivity contribution >= 4 is 23.2 Å². The minimum absolute atomic E-state index is 0.533. The van der Waals surface area contributed by atoms with Gasteiger partial charge in [-0.1, -0.05) is 11.6 Å². The molecule has 1 aliphatic rings. The van der Waals surface area contributed by atoms with Crippen molar-refractivity contribution in [2.75, 3.05) is 25.0 Å². The molecule has 1 fully saturated rings. The normalized spacial score (nSPS) is 20.4. The van der Waals surface area contributed by atoms with Crippen LogP contribution in [0.1, 0.15) is 6.42 Å². The predicted octanol–water partition coefficient (Wildman–Crippen LogP) is 1.18. The second kappa shape index (κ2) is 4.16. The number of nitrogens with zero attached hydrogens (tertiary/aromatic N) is 4. The van der Waals surface area contributed by atoms with Crippen LogP contribution in [-0.2, 0) is 0 Å². The van der Waals surface area contributed by atoms with Crippen LogP contribution in [0.3, 0.4) is 0 Å². The summed E-state index contributed by atoms with van der Waals surface area (Å²) in [4.78, 5) is 6.69. The molecule has 0 amide bonds. The minimum Gasteiger partial charge on any atom is -0.338 e. The summed E-state index contributed by atoms with van der Waals surface area (Å²) in [5.74, 6) is 0.782. The fourth-order valence-electron chi connectivity index (χ4n) is 2.16. The summed E-state index contributed by atoms with van der Waals surface area (Å²) in [7, 11) is 1.99. The average molecular weight is 252 g/mol. The van der Waals surface area contributed by atoms with Gasteiger partial charge in [0.05, 0.1) is 5.02 Å². The van der Waals surface area contributed by atoms with Gasteiger partial charge in [0.25, 0.3) is 0 Å². The van der Waals surface area contributed by atoms with Crippen LogP contribution in [0.25, 0.3) is 5.65 Å². The van der Waals surface area contributed by atoms with Crippen LogP contribution >= 0.6 is 11.6 Å². The van der Waals surface area contributed by atoms with Gasteiger partial charge in [-0.2, -0.15) is 4.98 Å². The Hall–Kier alpha value is -1.33. The number of hydrogen-bond acceptors (Lipinski definition) is 4. The Morgan fingerprint density at radius 3 is 3.12 bits per heavy atom. The molecule has 3 rings (SSSR count). The standard InChI is InChI=1S/C11H14ClN5/c1-13-9-4-5-16(7-9)11-14-10-3-2-8(12)6-17(10)15-11/h2-3,6,9,13H,4-5,7H2,1H3. The molecule has 1 unspecified atom stereocenters. The van der Waals surface area contributed by atoms with Crippen LogP contribution in [0.2, 0.25) is 5.02 Å². The summed E-state index contributed by atoms with van der Waals surface area (Å²) in [5.41, 5.74) is 0.831. The summed E-state index contributed by atoms with van der Waals surface area (Å²) < 4.78 is 1.73. The lowest BCUT2D eigenvalue weighted by molar-refractivity contribution is 0.616. The van der Waals surface area contributed by atoms with Gasteiger partial charge in [-0.05, 0) is 25.6 Å². The van der Waals surface area contributed by atoms with Crippen LogP contribution in [0.5, 0.6) is 0 Å². The number of likely N-dealkylation sites (N-methyl/N-ethyl adjacent to an activating group) is 1. The first-order chi connectivity index (χ1) is 8.26. The topological polar surface area (TPSA) is 45.5 Å². The molecule has 0 aliphatic carbocycles. The lowest BCUT2D eigenvalue weighted by atomic mass is 10.3. The molecule has 1 N–H and O–H groups in total. The number of rotatable bonds is 2. The molecule has 0 radical (unpaired) electrons. The maximum absolute atomic E-state index is 5.92. The van der Waals surface area contributed by atoms with Crippen LogP contribution < -0.4 is 10.2 Å². The number of hydrogen-bond donors (Lipinski definition) is 1. The number of pyridine rings is 1. The summed E-state index contributed by atoms with van der Waals surface area (Å²) in [5, 5.41) is 8.39. The van der Waals surface area contributed by atoms with Gasteiger partial charge in [0, 0.05) is 25.3 Å². The highest BCUT2D eigenvalue weighted by atomic mass is 35.5. The maximum Gasteiger partial charge on any atom is 0.245 e. The van der Waals surface area contributed by atoms with E-state index in [-0.39, 0.29) is 0 Å². The molecule has 17 heavy (non-hydrogen) atoms. The summed E-state index contributed by atoms with van der Waals surface area (Å²) in [6.45, 7) is 1.96. The van der Waals surface area contributed by atoms with Crippen molar-refractivity contribution in [2.24, 2.45) is 0 Å². The van der Waals surface area contributed by atoms with Crippen LogP contribution in [0, 0.1) is 0 Å². The molecule has 3 heterocycles. The summed E-state index contributed by atoms with van der Waals surface area (Å²) >= 11 is 5.92. The number of anilines is 1. The molecule has 0 aromatic carbocycles. The van der Waals surface area contributed by atoms with E-state index in [0.717, 1.165) is 31.1 Å². The molecule has 2 aromatic heterocycles. The van der Waals surface area contributed by atoms with Crippen molar-refractivity contribution in [3.8, 4) is 0 Å². The van der Waals surface area contributed by atoms with Crippen molar-refractivity contribution in [1.29, 1.82) is 0 Å². The van der Waals surface area contributed by atoms with Gasteiger partial charge in [0.2, 0.25) is 5.95 Å². The third-order valence-electron chi connectivity index (χ3n) is 3.16. The molecule has 1 atom stereocenters. The molecule has 90 valence electrons. The molecule has 0 bridgehead atoms. The van der Waals surface area contributed by atoms with Gasteiger partial charge in [0.1, 0.15) is 0 Å². The van der Waals surface area contributed by atoms with Gasteiger partial charge < -0.3 is 10.2 Å². The Morgan fingerprint density at radius 2 is 2.35 bits per heavy atom. The second-order valence-electron chi connectivity index (χ2n) is 4.28. The molecule has 2 aromatic rings. The number of aromatic nitrogens is 3. The van der Waals surface area contributed by atoms with Crippen LogP contribution in [0.15, 0.2) is 18.3 Å². The lowest BCUT2D eigenvalue weighted by Gasteiger charge is -2.12. The Labute approximate surface area is 104 Å². The second-order valence-corrected chi connectivity index (χ2v) is 4.72. The zero-order chi connectivity index (χ0) is 11.8. The number of halogens is 1. The van der Waals surface area contributed by atoms with Crippen molar-refractivity contribution in [1.82, 2.24) is 19.9 Å². The molecule has 0 saturated carbocycles. The largest absolute Gasteiger partial charge is 0.338 e. The highest BCUT2D eigenvalue weighted by molar-refractivity contribution is 6.30. The maximum atomic E-state index is 5.92. The van der Waals surface area contributed by atoms with E-state index in [2.05, 4.69) is 20.3 Å². The van der Waals surface area contributed by atoms with Crippen LogP contribution in [-0.4, -0.2) is 40.8 Å². The molecular weight excluding hydrogens is 238 g/mol. The minimum atomic E-state index is 0.533. The van der Waals surface area contributed by atoms with E-state index in [4.69, 9.17) is 11.6 Å². The Balaban J connectivity index is 1.91. The zero-order valence-corrected chi connectivity index (χ0v) is 10.4. The average Bonchev–Trinajstić information content (AvgIpc) is 2.93. The summed E-state index contributed by atoms with van der Waals surface area (Å²) in [6, 6.07) is 4.24. The zero-order valence-electron chi connectivity index (χ0n) is 9.60. The summed E-state index contributed by atoms with van der Waals surface area (Å²) in [6.07, 6.45) is 2.91. The van der Waals surface area contributed by atoms with Crippen LogP contribution in [0.4, 0.5) is 5.95 Å². The third-order valence-corrected chi connectivity index (χ3v) is 3.39. The number of nitrogens with one attached hydrogen (secondary N) is 1. The molecular formula is C11H14ClN5. The van der Waals surface area contributed by atoms with Crippen molar-refractivity contribution in [2.45, 2.75) is 12.5 Å². The van der Waals surface area contributed by atoms with Gasteiger partial charge in [-0.15, -0.1) is 5.10 Å². The fraction of sp³-hybridized carbons (Fsp3) is 0.455. The first-order valence-electron chi connectivity index (χ1n) is 5.70.